The van der Waals surface area contributed by atoms with E-state index in [9.17, 15) is 26.7 Å². The van der Waals surface area contributed by atoms with Gasteiger partial charge in [-0.25, -0.2) is 9.18 Å². The zero-order valence-electron chi connectivity index (χ0n) is 14.6. The van der Waals surface area contributed by atoms with E-state index in [1.54, 1.807) is 0 Å². The highest BCUT2D eigenvalue weighted by Crippen LogP contribution is 2.33. The fraction of sp³-hybridized carbons (Fsp3) is 0.333. The maximum atomic E-state index is 13.9. The molecule has 0 aliphatic carbocycles. The minimum Gasteiger partial charge on any atom is -0.448 e. The fourth-order valence-electron chi connectivity index (χ4n) is 2.83. The number of pyridine rings is 1. The van der Waals surface area contributed by atoms with Crippen molar-refractivity contribution in [2.45, 2.75) is 26.0 Å². The van der Waals surface area contributed by atoms with Crippen molar-refractivity contribution in [2.24, 2.45) is 0 Å². The van der Waals surface area contributed by atoms with Crippen LogP contribution >= 0.6 is 0 Å². The highest BCUT2D eigenvalue weighted by Gasteiger charge is 2.32. The van der Waals surface area contributed by atoms with E-state index in [0.717, 1.165) is 18.3 Å². The van der Waals surface area contributed by atoms with Gasteiger partial charge in [-0.1, -0.05) is 6.07 Å². The third-order valence-corrected chi connectivity index (χ3v) is 4.07. The average Bonchev–Trinajstić information content (AvgIpc) is 3.00. The maximum absolute atomic E-state index is 13.9. The Hall–Kier alpha value is -2.91. The first kappa shape index (κ1) is 19.8. The van der Waals surface area contributed by atoms with Crippen molar-refractivity contribution in [3.8, 4) is 16.9 Å². The van der Waals surface area contributed by atoms with Crippen LogP contribution in [0.5, 0.6) is 5.75 Å². The molecule has 1 amide bonds. The van der Waals surface area contributed by atoms with Crippen LogP contribution < -0.4 is 4.74 Å². The Morgan fingerprint density at radius 1 is 1.29 bits per heavy atom. The monoisotopic (exact) mass is 402 g/mol. The number of ether oxygens (including phenoxy) is 2. The number of carbonyl (C=O) groups excluding carboxylic acids is 1. The van der Waals surface area contributed by atoms with E-state index in [1.165, 1.54) is 17.0 Å². The Bertz CT molecular complexity index is 886. The van der Waals surface area contributed by atoms with E-state index >= 15 is 0 Å². The van der Waals surface area contributed by atoms with Gasteiger partial charge in [-0.05, 0) is 29.3 Å². The van der Waals surface area contributed by atoms with Crippen LogP contribution in [0.25, 0.3) is 11.1 Å². The van der Waals surface area contributed by atoms with Crippen LogP contribution in [0, 0.1) is 5.82 Å². The summed E-state index contributed by atoms with van der Waals surface area (Å²) in [6.07, 6.45) is 0.489. The third kappa shape index (κ3) is 4.32. The largest absolute Gasteiger partial charge is 0.448 e. The van der Waals surface area contributed by atoms with Crippen molar-refractivity contribution in [2.75, 3.05) is 13.2 Å². The maximum Gasteiger partial charge on any atom is 0.410 e. The lowest BCUT2D eigenvalue weighted by Gasteiger charge is -2.19. The smallest absolute Gasteiger partial charge is 0.410 e. The summed E-state index contributed by atoms with van der Waals surface area (Å²) >= 11 is 0. The number of hydrogen-bond acceptors (Lipinski definition) is 4. The number of alkyl halides is 4. The summed E-state index contributed by atoms with van der Waals surface area (Å²) in [4.78, 5) is 16.7. The number of amides is 1. The first-order chi connectivity index (χ1) is 13.1. The van der Waals surface area contributed by atoms with Crippen molar-refractivity contribution in [3.05, 3.63) is 47.5 Å². The van der Waals surface area contributed by atoms with Crippen molar-refractivity contribution in [1.29, 1.82) is 0 Å². The molecule has 0 unspecified atom stereocenters. The molecule has 2 heterocycles. The van der Waals surface area contributed by atoms with Crippen molar-refractivity contribution >= 4 is 6.09 Å². The summed E-state index contributed by atoms with van der Waals surface area (Å²) in [6, 6.07) is 4.58. The molecule has 1 fully saturated rings. The van der Waals surface area contributed by atoms with Gasteiger partial charge in [0, 0.05) is 18.7 Å². The molecule has 0 radical (unpaired) electrons. The highest BCUT2D eigenvalue weighted by molar-refractivity contribution is 5.70. The Balaban J connectivity index is 2.00. The molecule has 3 rings (SSSR count). The lowest BCUT2D eigenvalue weighted by Crippen LogP contribution is -2.26. The van der Waals surface area contributed by atoms with Crippen LogP contribution in [0.3, 0.4) is 0 Å². The van der Waals surface area contributed by atoms with Gasteiger partial charge in [0.25, 0.3) is 5.92 Å². The van der Waals surface area contributed by atoms with Gasteiger partial charge in [-0.3, -0.25) is 4.98 Å². The number of rotatable bonds is 6. The molecule has 150 valence electrons. The molecule has 0 spiro atoms. The molecule has 1 aromatic carbocycles. The number of aromatic nitrogens is 1. The molecular weight excluding hydrogens is 387 g/mol. The minimum atomic E-state index is -3.27. The van der Waals surface area contributed by atoms with Crippen LogP contribution in [0.4, 0.5) is 26.7 Å². The van der Waals surface area contributed by atoms with Crippen LogP contribution in [0.2, 0.25) is 0 Å². The molecule has 10 heteroatoms. The Labute approximate surface area is 156 Å². The van der Waals surface area contributed by atoms with Crippen LogP contribution in [-0.4, -0.2) is 35.7 Å². The van der Waals surface area contributed by atoms with E-state index in [0.29, 0.717) is 6.92 Å². The fourth-order valence-corrected chi connectivity index (χ4v) is 2.83. The topological polar surface area (TPSA) is 51.7 Å². The zero-order valence-corrected chi connectivity index (χ0v) is 14.6. The summed E-state index contributed by atoms with van der Waals surface area (Å²) < 4.78 is 75.2. The summed E-state index contributed by atoms with van der Waals surface area (Å²) in [6.45, 7) is -2.33. The molecule has 28 heavy (non-hydrogen) atoms. The molecule has 1 aliphatic rings. The number of halogens is 5. The number of nitrogens with zero attached hydrogens (tertiary/aromatic N) is 2. The minimum absolute atomic E-state index is 0.0597. The summed E-state index contributed by atoms with van der Waals surface area (Å²) in [5, 5.41) is 0. The number of benzene rings is 1. The average molecular weight is 402 g/mol. The van der Waals surface area contributed by atoms with E-state index in [-0.39, 0.29) is 36.4 Å². The predicted octanol–water partition coefficient (Wildman–Crippen LogP) is 4.55. The normalized spacial score (nSPS) is 14.5. The van der Waals surface area contributed by atoms with Crippen LogP contribution in [0.1, 0.15) is 18.2 Å². The van der Waals surface area contributed by atoms with Gasteiger partial charge in [0.1, 0.15) is 12.3 Å². The zero-order chi connectivity index (χ0) is 20.5. The standard InChI is InChI=1S/C18H15F5N2O3/c1-18(22,23)15-12(9-25-4-5-27-17(25)26)6-11(8-24-15)10-2-3-13(19)14(7-10)28-16(20)21/h2-3,6-8,16H,4-5,9H2,1H3. The molecule has 1 saturated heterocycles. The second-order valence-corrected chi connectivity index (χ2v) is 6.18. The first-order valence-electron chi connectivity index (χ1n) is 8.19. The second kappa shape index (κ2) is 7.61. The first-order valence-corrected chi connectivity index (χ1v) is 8.19. The molecule has 1 aromatic heterocycles. The summed E-state index contributed by atoms with van der Waals surface area (Å²) in [5.41, 5.74) is 0.0436. The molecule has 0 atom stereocenters. The van der Waals surface area contributed by atoms with Crippen molar-refractivity contribution in [1.82, 2.24) is 9.88 Å². The lowest BCUT2D eigenvalue weighted by molar-refractivity contribution is -0.0521. The van der Waals surface area contributed by atoms with Gasteiger partial charge in [0.05, 0.1) is 13.1 Å². The van der Waals surface area contributed by atoms with Gasteiger partial charge >= 0.3 is 12.7 Å². The summed E-state index contributed by atoms with van der Waals surface area (Å²) in [5.74, 6) is -4.94. The molecule has 2 aromatic rings. The van der Waals surface area contributed by atoms with Gasteiger partial charge in [0.15, 0.2) is 11.6 Å². The van der Waals surface area contributed by atoms with E-state index < -0.39 is 35.9 Å². The quantitative estimate of drug-likeness (QED) is 0.665. The molecule has 0 saturated carbocycles. The molecular formula is C18H15F5N2O3. The Kier molecular flexibility index (Phi) is 5.39. The number of carbonyl (C=O) groups is 1. The van der Waals surface area contributed by atoms with E-state index in [2.05, 4.69) is 9.72 Å². The lowest BCUT2D eigenvalue weighted by atomic mass is 10.0. The Morgan fingerprint density at radius 2 is 2.04 bits per heavy atom. The van der Waals surface area contributed by atoms with Gasteiger partial charge < -0.3 is 14.4 Å². The summed E-state index contributed by atoms with van der Waals surface area (Å²) in [7, 11) is 0. The molecule has 0 N–H and O–H groups in total. The predicted molar refractivity (Wildman–Crippen MR) is 87.6 cm³/mol. The van der Waals surface area contributed by atoms with Crippen molar-refractivity contribution in [3.63, 3.8) is 0 Å². The van der Waals surface area contributed by atoms with Crippen molar-refractivity contribution < 1.29 is 36.2 Å². The highest BCUT2D eigenvalue weighted by atomic mass is 19.3. The van der Waals surface area contributed by atoms with E-state index in [4.69, 9.17) is 4.74 Å². The van der Waals surface area contributed by atoms with Gasteiger partial charge in [-0.15, -0.1) is 0 Å². The van der Waals surface area contributed by atoms with Gasteiger partial charge in [0.2, 0.25) is 0 Å². The van der Waals surface area contributed by atoms with Crippen LogP contribution in [-0.2, 0) is 17.2 Å². The van der Waals surface area contributed by atoms with Gasteiger partial charge in [-0.2, -0.15) is 17.6 Å². The molecule has 1 aliphatic heterocycles. The number of cyclic esters (lactones) is 1. The third-order valence-electron chi connectivity index (χ3n) is 4.07. The SMILES string of the molecule is CC(F)(F)c1ncc(-c2ccc(F)c(OC(F)F)c2)cc1CN1CCOC1=O. The number of hydrogen-bond donors (Lipinski definition) is 0. The van der Waals surface area contributed by atoms with Crippen LogP contribution in [0.15, 0.2) is 30.5 Å². The molecule has 5 nitrogen and oxygen atoms in total. The second-order valence-electron chi connectivity index (χ2n) is 6.18. The Morgan fingerprint density at radius 3 is 2.64 bits per heavy atom. The van der Waals surface area contributed by atoms with E-state index in [1.807, 2.05) is 0 Å². The molecule has 0 bridgehead atoms.